The summed E-state index contributed by atoms with van der Waals surface area (Å²) in [6.07, 6.45) is 1.78. The van der Waals surface area contributed by atoms with E-state index < -0.39 is 10.0 Å². The Hall–Kier alpha value is -1.44. The summed E-state index contributed by atoms with van der Waals surface area (Å²) in [5, 5.41) is 0. The molecule has 0 spiro atoms. The van der Waals surface area contributed by atoms with Crippen molar-refractivity contribution in [3.05, 3.63) is 23.8 Å². The first-order chi connectivity index (χ1) is 9.87. The molecule has 0 aliphatic carbocycles. The molecule has 0 saturated heterocycles. The molecule has 21 heavy (non-hydrogen) atoms. The lowest BCUT2D eigenvalue weighted by atomic mass is 10.2. The molecule has 1 aromatic rings. The lowest BCUT2D eigenvalue weighted by Crippen LogP contribution is -2.29. The number of nitrogens with two attached hydrogens (primary N) is 1. The third-order valence-electron chi connectivity index (χ3n) is 3.63. The van der Waals surface area contributed by atoms with Crippen LogP contribution < -0.4 is 10.6 Å². The average molecular weight is 311 g/mol. The van der Waals surface area contributed by atoms with Crippen molar-refractivity contribution in [1.82, 2.24) is 4.31 Å². The van der Waals surface area contributed by atoms with Gasteiger partial charge in [0.1, 0.15) is 0 Å². The van der Waals surface area contributed by atoms with E-state index in [1.807, 2.05) is 0 Å². The molecule has 0 saturated carbocycles. The highest BCUT2D eigenvalue weighted by molar-refractivity contribution is 7.89. The van der Waals surface area contributed by atoms with Gasteiger partial charge in [0.05, 0.1) is 4.90 Å². The third-order valence-corrected chi connectivity index (χ3v) is 5.44. The monoisotopic (exact) mass is 311 g/mol. The molecule has 1 aliphatic rings. The molecule has 1 heterocycles. The van der Waals surface area contributed by atoms with Crippen LogP contribution in [0.4, 0.5) is 5.69 Å². The smallest absolute Gasteiger partial charge is 0.242 e. The zero-order valence-electron chi connectivity index (χ0n) is 12.4. The Morgan fingerprint density at radius 3 is 2.71 bits per heavy atom. The number of anilines is 1. The topological polar surface area (TPSA) is 83.7 Å². The molecular weight excluding hydrogens is 290 g/mol. The normalized spacial score (nSPS) is 14.6. The number of nitrogens with zero attached hydrogens (tertiary/aromatic N) is 2. The number of benzene rings is 1. The molecule has 0 fully saturated rings. The third kappa shape index (κ3) is 3.09. The van der Waals surface area contributed by atoms with Gasteiger partial charge >= 0.3 is 0 Å². The number of rotatable bonds is 5. The first-order valence-electron chi connectivity index (χ1n) is 6.94. The molecule has 6 nitrogen and oxygen atoms in total. The molecule has 0 unspecified atom stereocenters. The average Bonchev–Trinajstić information content (AvgIpc) is 2.87. The first-order valence-corrected chi connectivity index (χ1v) is 8.38. The van der Waals surface area contributed by atoms with Crippen molar-refractivity contribution in [2.45, 2.75) is 24.2 Å². The Balaban J connectivity index is 2.33. The summed E-state index contributed by atoms with van der Waals surface area (Å²) in [7, 11) is -0.504. The zero-order valence-corrected chi connectivity index (χ0v) is 13.2. The fourth-order valence-corrected chi connectivity index (χ4v) is 3.30. The van der Waals surface area contributed by atoms with Gasteiger partial charge in [-0.15, -0.1) is 0 Å². The van der Waals surface area contributed by atoms with Crippen molar-refractivity contribution in [2.24, 2.45) is 5.73 Å². The Morgan fingerprint density at radius 1 is 1.38 bits per heavy atom. The Labute approximate surface area is 125 Å². The van der Waals surface area contributed by atoms with Crippen molar-refractivity contribution in [2.75, 3.05) is 32.1 Å². The Morgan fingerprint density at radius 2 is 2.10 bits per heavy atom. The summed E-state index contributed by atoms with van der Waals surface area (Å²) in [5.74, 6) is -0.00130. The highest BCUT2D eigenvalue weighted by Gasteiger charge is 2.27. The molecule has 1 aromatic carbocycles. The molecular formula is C14H21N3O3S. The van der Waals surface area contributed by atoms with Crippen LogP contribution in [0.15, 0.2) is 23.1 Å². The predicted molar refractivity (Wildman–Crippen MR) is 81.7 cm³/mol. The van der Waals surface area contributed by atoms with E-state index in [1.165, 1.54) is 18.4 Å². The molecule has 0 aromatic heterocycles. The minimum absolute atomic E-state index is 0.00130. The molecule has 116 valence electrons. The predicted octanol–water partition coefficient (Wildman–Crippen LogP) is 0.565. The minimum Gasteiger partial charge on any atom is -0.330 e. The maximum absolute atomic E-state index is 12.2. The molecule has 0 atom stereocenters. The number of carbonyl (C=O) groups excluding carboxylic acids is 1. The van der Waals surface area contributed by atoms with E-state index in [4.69, 9.17) is 5.73 Å². The minimum atomic E-state index is -3.49. The second kappa shape index (κ2) is 6.13. The van der Waals surface area contributed by atoms with Gasteiger partial charge in [-0.3, -0.25) is 4.79 Å². The van der Waals surface area contributed by atoms with Gasteiger partial charge in [-0.05, 0) is 37.1 Å². The van der Waals surface area contributed by atoms with Crippen molar-refractivity contribution < 1.29 is 13.2 Å². The van der Waals surface area contributed by atoms with E-state index >= 15 is 0 Å². The lowest BCUT2D eigenvalue weighted by Gasteiger charge is -2.19. The quantitative estimate of drug-likeness (QED) is 0.861. The van der Waals surface area contributed by atoms with Gasteiger partial charge in [0.15, 0.2) is 0 Å². The van der Waals surface area contributed by atoms with Gasteiger partial charge in [0.2, 0.25) is 15.9 Å². The summed E-state index contributed by atoms with van der Waals surface area (Å²) < 4.78 is 25.5. The van der Waals surface area contributed by atoms with Crippen LogP contribution in [0.25, 0.3) is 0 Å². The fourth-order valence-electron chi connectivity index (χ4n) is 2.38. The number of sulfonamides is 1. The van der Waals surface area contributed by atoms with E-state index in [0.29, 0.717) is 31.6 Å². The molecule has 0 bridgehead atoms. The number of hydrogen-bond donors (Lipinski definition) is 1. The van der Waals surface area contributed by atoms with Crippen LogP contribution in [0.2, 0.25) is 0 Å². The lowest BCUT2D eigenvalue weighted by molar-refractivity contribution is -0.118. The van der Waals surface area contributed by atoms with E-state index in [9.17, 15) is 13.2 Å². The molecule has 0 radical (unpaired) electrons. The van der Waals surface area contributed by atoms with Crippen molar-refractivity contribution in [1.29, 1.82) is 0 Å². The first kappa shape index (κ1) is 15.9. The molecule has 1 amide bonds. The Bertz CT molecular complexity index is 641. The highest BCUT2D eigenvalue weighted by atomic mass is 32.2. The highest BCUT2D eigenvalue weighted by Crippen LogP contribution is 2.31. The van der Waals surface area contributed by atoms with E-state index in [0.717, 1.165) is 12.0 Å². The van der Waals surface area contributed by atoms with Gasteiger partial charge in [-0.25, -0.2) is 12.7 Å². The maximum Gasteiger partial charge on any atom is 0.242 e. The van der Waals surface area contributed by atoms with Crippen LogP contribution in [-0.4, -0.2) is 45.8 Å². The van der Waals surface area contributed by atoms with Crippen LogP contribution >= 0.6 is 0 Å². The fraction of sp³-hybridized carbons (Fsp3) is 0.500. The van der Waals surface area contributed by atoms with E-state index in [1.54, 1.807) is 23.1 Å². The summed E-state index contributed by atoms with van der Waals surface area (Å²) >= 11 is 0. The molecule has 7 heteroatoms. The summed E-state index contributed by atoms with van der Waals surface area (Å²) in [4.78, 5) is 14.1. The van der Waals surface area contributed by atoms with Crippen LogP contribution in [0.3, 0.4) is 0 Å². The summed E-state index contributed by atoms with van der Waals surface area (Å²) in [5.41, 5.74) is 7.15. The molecule has 2 N–H and O–H groups in total. The summed E-state index contributed by atoms with van der Waals surface area (Å²) in [6.45, 7) is 1.08. The van der Waals surface area contributed by atoms with Crippen molar-refractivity contribution in [3.8, 4) is 0 Å². The number of carbonyl (C=O) groups is 1. The zero-order chi connectivity index (χ0) is 15.6. The van der Waals surface area contributed by atoms with Gasteiger partial charge in [0, 0.05) is 32.7 Å². The number of hydrogen-bond acceptors (Lipinski definition) is 4. The largest absolute Gasteiger partial charge is 0.330 e. The number of amides is 1. The standard InChI is InChI=1S/C14H21N3O3S/c1-16(2)21(19,20)12-6-5-11-7-9-17(13(11)10-12)14(18)4-3-8-15/h5-6,10H,3-4,7-9,15H2,1-2H3. The van der Waals surface area contributed by atoms with Crippen LogP contribution in [-0.2, 0) is 21.2 Å². The van der Waals surface area contributed by atoms with E-state index in [2.05, 4.69) is 0 Å². The SMILES string of the molecule is CN(C)S(=O)(=O)c1ccc2c(c1)N(C(=O)CCCN)CC2. The molecule has 1 aliphatic heterocycles. The summed E-state index contributed by atoms with van der Waals surface area (Å²) in [6, 6.07) is 4.99. The molecule has 2 rings (SSSR count). The van der Waals surface area contributed by atoms with Crippen LogP contribution in [0, 0.1) is 0 Å². The second-order valence-corrected chi connectivity index (χ2v) is 7.42. The second-order valence-electron chi connectivity index (χ2n) is 5.27. The van der Waals surface area contributed by atoms with Crippen LogP contribution in [0.1, 0.15) is 18.4 Å². The van der Waals surface area contributed by atoms with Gasteiger partial charge < -0.3 is 10.6 Å². The van der Waals surface area contributed by atoms with Crippen molar-refractivity contribution in [3.63, 3.8) is 0 Å². The maximum atomic E-state index is 12.2. The number of fused-ring (bicyclic) bond motifs is 1. The Kier molecular flexibility index (Phi) is 4.65. The van der Waals surface area contributed by atoms with E-state index in [-0.39, 0.29) is 10.8 Å². The van der Waals surface area contributed by atoms with Gasteiger partial charge in [-0.2, -0.15) is 0 Å². The van der Waals surface area contributed by atoms with Gasteiger partial charge in [-0.1, -0.05) is 6.07 Å². The van der Waals surface area contributed by atoms with Crippen LogP contribution in [0.5, 0.6) is 0 Å². The van der Waals surface area contributed by atoms with Crippen molar-refractivity contribution >= 4 is 21.6 Å². The van der Waals surface area contributed by atoms with Gasteiger partial charge in [0.25, 0.3) is 0 Å².